The number of methoxy groups -OCH3 is 1. The Balaban J connectivity index is 2.07. The van der Waals surface area contributed by atoms with Crippen LogP contribution in [0.4, 0.5) is 0 Å². The molecule has 0 spiro atoms. The van der Waals surface area contributed by atoms with Gasteiger partial charge in [-0.3, -0.25) is 0 Å². The van der Waals surface area contributed by atoms with Crippen LogP contribution >= 0.6 is 33.9 Å². The van der Waals surface area contributed by atoms with E-state index in [1.807, 2.05) is 40.1 Å². The Labute approximate surface area is 170 Å². The lowest BCUT2D eigenvalue weighted by Gasteiger charge is -2.12. The highest BCUT2D eigenvalue weighted by atomic mass is 127. The molecule has 1 aromatic heterocycles. The minimum atomic E-state index is -0.798. The van der Waals surface area contributed by atoms with Gasteiger partial charge in [0, 0.05) is 17.7 Å². The minimum Gasteiger partial charge on any atom is -0.504 e. The number of aromatic hydroxyl groups is 1. The molecule has 26 heavy (non-hydrogen) atoms. The van der Waals surface area contributed by atoms with Gasteiger partial charge in [-0.05, 0) is 63.4 Å². The molecule has 0 amide bonds. The van der Waals surface area contributed by atoms with Crippen LogP contribution in [0.5, 0.6) is 11.5 Å². The molecule has 0 saturated heterocycles. The molecule has 7 heteroatoms. The van der Waals surface area contributed by atoms with E-state index in [0.717, 1.165) is 4.88 Å². The summed E-state index contributed by atoms with van der Waals surface area (Å²) in [5.74, 6) is 0.352. The Morgan fingerprint density at radius 2 is 2.12 bits per heavy atom. The number of aliphatic hydroxyl groups excluding tert-OH is 3. The zero-order valence-corrected chi connectivity index (χ0v) is 17.2. The summed E-state index contributed by atoms with van der Waals surface area (Å²) < 4.78 is 5.69. The van der Waals surface area contributed by atoms with Crippen LogP contribution in [0, 0.1) is 3.57 Å². The van der Waals surface area contributed by atoms with E-state index in [-0.39, 0.29) is 25.2 Å². The van der Waals surface area contributed by atoms with Gasteiger partial charge in [-0.25, -0.2) is 0 Å². The van der Waals surface area contributed by atoms with Gasteiger partial charge in [0.05, 0.1) is 29.5 Å². The molecule has 2 aromatic rings. The van der Waals surface area contributed by atoms with Crippen molar-refractivity contribution in [3.05, 3.63) is 61.0 Å². The van der Waals surface area contributed by atoms with E-state index in [1.54, 1.807) is 18.2 Å². The SMILES string of the molecule is COc1cc([C@H](O)CC=C=C(CO)C[C@@H](O)c2cccs2)cc(I)c1O. The number of halogens is 1. The fourth-order valence-electron chi connectivity index (χ4n) is 2.38. The lowest BCUT2D eigenvalue weighted by atomic mass is 10.0. The topological polar surface area (TPSA) is 90.2 Å². The first-order chi connectivity index (χ1) is 12.5. The first-order valence-corrected chi connectivity index (χ1v) is 9.91. The van der Waals surface area contributed by atoms with Gasteiger partial charge in [0.2, 0.25) is 0 Å². The molecule has 0 radical (unpaired) electrons. The predicted molar refractivity (Wildman–Crippen MR) is 110 cm³/mol. The monoisotopic (exact) mass is 488 g/mol. The average Bonchev–Trinajstić information content (AvgIpc) is 3.17. The molecule has 0 bridgehead atoms. The number of hydrogen-bond donors (Lipinski definition) is 4. The quantitative estimate of drug-likeness (QED) is 0.336. The number of aliphatic hydroxyl groups is 3. The summed E-state index contributed by atoms with van der Waals surface area (Å²) in [4.78, 5) is 0.837. The molecule has 0 unspecified atom stereocenters. The van der Waals surface area contributed by atoms with Crippen molar-refractivity contribution in [2.75, 3.05) is 13.7 Å². The van der Waals surface area contributed by atoms with E-state index < -0.39 is 12.2 Å². The van der Waals surface area contributed by atoms with Crippen molar-refractivity contribution < 1.29 is 25.2 Å². The summed E-state index contributed by atoms with van der Waals surface area (Å²) in [5.41, 5.74) is 4.14. The summed E-state index contributed by atoms with van der Waals surface area (Å²) in [6, 6.07) is 6.99. The van der Waals surface area contributed by atoms with Gasteiger partial charge >= 0.3 is 0 Å². The summed E-state index contributed by atoms with van der Waals surface area (Å²) in [6.45, 7) is -0.208. The molecule has 140 valence electrons. The standard InChI is InChI=1S/C19H21IO5S/c1-25-17-10-13(9-14(20)19(17)24)15(22)5-2-4-12(11-21)8-16(23)18-6-3-7-26-18/h2-3,6-7,9-10,15-16,21-24H,5,8,11H2,1H3/t4?,15-,16-/m1/s1. The van der Waals surface area contributed by atoms with E-state index >= 15 is 0 Å². The molecule has 0 saturated carbocycles. The van der Waals surface area contributed by atoms with Gasteiger partial charge in [-0.2, -0.15) is 0 Å². The van der Waals surface area contributed by atoms with Crippen molar-refractivity contribution >= 4 is 33.9 Å². The number of benzene rings is 1. The Morgan fingerprint density at radius 3 is 2.73 bits per heavy atom. The second kappa shape index (κ2) is 10.1. The van der Waals surface area contributed by atoms with E-state index in [1.165, 1.54) is 18.4 Å². The first kappa shape index (κ1) is 21.0. The highest BCUT2D eigenvalue weighted by Gasteiger charge is 2.14. The second-order valence-corrected chi connectivity index (χ2v) is 7.79. The number of hydrogen-bond acceptors (Lipinski definition) is 6. The van der Waals surface area contributed by atoms with Crippen molar-refractivity contribution in [1.29, 1.82) is 0 Å². The van der Waals surface area contributed by atoms with Gasteiger partial charge in [-0.1, -0.05) is 6.07 Å². The Hall–Kier alpha value is -1.35. The van der Waals surface area contributed by atoms with Crippen molar-refractivity contribution in [3.63, 3.8) is 0 Å². The van der Waals surface area contributed by atoms with E-state index in [4.69, 9.17) is 4.74 Å². The molecule has 0 aliphatic heterocycles. The van der Waals surface area contributed by atoms with Crippen LogP contribution in [-0.4, -0.2) is 34.1 Å². The zero-order chi connectivity index (χ0) is 19.1. The van der Waals surface area contributed by atoms with Crippen LogP contribution in [0.2, 0.25) is 0 Å². The molecule has 4 N–H and O–H groups in total. The third kappa shape index (κ3) is 5.57. The highest BCUT2D eigenvalue weighted by molar-refractivity contribution is 14.1. The normalized spacial score (nSPS) is 13.0. The van der Waals surface area contributed by atoms with Crippen molar-refractivity contribution in [2.45, 2.75) is 25.0 Å². The summed E-state index contributed by atoms with van der Waals surface area (Å²) >= 11 is 3.43. The van der Waals surface area contributed by atoms with Gasteiger partial charge in [0.25, 0.3) is 0 Å². The minimum absolute atomic E-state index is 0.0459. The molecule has 1 heterocycles. The number of ether oxygens (including phenoxy) is 1. The average molecular weight is 488 g/mol. The number of phenolic OH excluding ortho intramolecular Hbond substituents is 1. The maximum Gasteiger partial charge on any atom is 0.171 e. The van der Waals surface area contributed by atoms with Crippen LogP contribution in [-0.2, 0) is 0 Å². The first-order valence-electron chi connectivity index (χ1n) is 7.96. The molecule has 0 fully saturated rings. The second-order valence-electron chi connectivity index (χ2n) is 5.65. The van der Waals surface area contributed by atoms with E-state index in [2.05, 4.69) is 5.73 Å². The van der Waals surface area contributed by atoms with Gasteiger partial charge in [0.15, 0.2) is 11.5 Å². The van der Waals surface area contributed by atoms with Crippen LogP contribution in [0.3, 0.4) is 0 Å². The molecule has 2 rings (SSSR count). The largest absolute Gasteiger partial charge is 0.504 e. The number of thiophene rings is 1. The third-order valence-corrected chi connectivity index (χ3v) is 5.60. The van der Waals surface area contributed by atoms with Gasteiger partial charge < -0.3 is 25.2 Å². The van der Waals surface area contributed by atoms with Crippen LogP contribution < -0.4 is 4.74 Å². The third-order valence-electron chi connectivity index (χ3n) is 3.80. The Bertz CT molecular complexity index is 781. The Kier molecular flexibility index (Phi) is 8.15. The fourth-order valence-corrected chi connectivity index (χ4v) is 3.71. The predicted octanol–water partition coefficient (Wildman–Crippen LogP) is 3.69. The van der Waals surface area contributed by atoms with Crippen molar-refractivity contribution in [2.24, 2.45) is 0 Å². The van der Waals surface area contributed by atoms with Crippen molar-refractivity contribution in [3.8, 4) is 11.5 Å². The summed E-state index contributed by atoms with van der Waals surface area (Å²) in [7, 11) is 1.45. The van der Waals surface area contributed by atoms with Gasteiger partial charge in [0.1, 0.15) is 0 Å². The summed E-state index contributed by atoms with van der Waals surface area (Å²) in [6.07, 6.45) is 0.736. The molecular formula is C19H21IO5S. The fraction of sp³-hybridized carbons (Fsp3) is 0.316. The maximum absolute atomic E-state index is 10.3. The molecule has 2 atom stereocenters. The lowest BCUT2D eigenvalue weighted by Crippen LogP contribution is -2.00. The smallest absolute Gasteiger partial charge is 0.171 e. The van der Waals surface area contributed by atoms with E-state index in [0.29, 0.717) is 20.5 Å². The highest BCUT2D eigenvalue weighted by Crippen LogP contribution is 2.35. The van der Waals surface area contributed by atoms with Crippen molar-refractivity contribution in [1.82, 2.24) is 0 Å². The molecule has 5 nitrogen and oxygen atoms in total. The molecule has 0 aliphatic carbocycles. The van der Waals surface area contributed by atoms with Gasteiger partial charge in [-0.15, -0.1) is 17.1 Å². The van der Waals surface area contributed by atoms with Crippen LogP contribution in [0.15, 0.2) is 47.0 Å². The molecule has 0 aliphatic rings. The molecular weight excluding hydrogens is 467 g/mol. The number of rotatable bonds is 8. The Morgan fingerprint density at radius 1 is 1.35 bits per heavy atom. The van der Waals surface area contributed by atoms with Crippen LogP contribution in [0.25, 0.3) is 0 Å². The lowest BCUT2D eigenvalue weighted by molar-refractivity contribution is 0.175. The number of phenols is 1. The molecule has 1 aromatic carbocycles. The van der Waals surface area contributed by atoms with E-state index in [9.17, 15) is 20.4 Å². The summed E-state index contributed by atoms with van der Waals surface area (Å²) in [5, 5.41) is 41.7. The van der Waals surface area contributed by atoms with Crippen LogP contribution in [0.1, 0.15) is 35.5 Å². The zero-order valence-electron chi connectivity index (χ0n) is 14.2. The maximum atomic E-state index is 10.3.